The van der Waals surface area contributed by atoms with Crippen molar-refractivity contribution < 1.29 is 14.0 Å². The second kappa shape index (κ2) is 7.60. The van der Waals surface area contributed by atoms with E-state index in [9.17, 15) is 14.0 Å². The van der Waals surface area contributed by atoms with Crippen molar-refractivity contribution in [2.24, 2.45) is 0 Å². The molecule has 0 heterocycles. The first-order chi connectivity index (χ1) is 5.81. The molecule has 0 aliphatic rings. The lowest BCUT2D eigenvalue weighted by molar-refractivity contribution is -0.114. The van der Waals surface area contributed by atoms with E-state index in [2.05, 4.69) is 0 Å². The minimum Gasteiger partial charge on any atom is -0.303 e. The molecule has 0 radical (unpaired) electrons. The minimum atomic E-state index is -0.178. The topological polar surface area (TPSA) is 34.1 Å². The number of carbonyl (C=O) groups excluding carboxylic acids is 2. The predicted octanol–water partition coefficient (Wildman–Crippen LogP) is 1.60. The van der Waals surface area contributed by atoms with E-state index in [0.717, 1.165) is 0 Å². The van der Waals surface area contributed by atoms with Crippen LogP contribution >= 0.6 is 0 Å². The van der Waals surface area contributed by atoms with Gasteiger partial charge in [-0.15, -0.1) is 0 Å². The number of hydrogen-bond donors (Lipinski definition) is 0. The van der Waals surface area contributed by atoms with Gasteiger partial charge in [0.1, 0.15) is 18.4 Å². The first-order valence-electron chi connectivity index (χ1n) is 3.39. The minimum absolute atomic E-state index is 0.0278. The number of hydrogen-bond acceptors (Lipinski definition) is 2. The lowest BCUT2D eigenvalue weighted by atomic mass is 10.4. The van der Waals surface area contributed by atoms with Crippen LogP contribution in [0, 0.1) is 5.82 Å². The van der Waals surface area contributed by atoms with E-state index in [4.69, 9.17) is 0 Å². The Morgan fingerprint density at radius 2 is 1.58 bits per heavy atom. The normalized spacial score (nSPS) is 7.75. The van der Waals surface area contributed by atoms with Gasteiger partial charge in [-0.3, -0.25) is 0 Å². The molecule has 2 nitrogen and oxygen atoms in total. The summed E-state index contributed by atoms with van der Waals surface area (Å²) in [6.45, 7) is 0. The maximum atomic E-state index is 11.9. The zero-order valence-corrected chi connectivity index (χ0v) is 6.44. The summed E-state index contributed by atoms with van der Waals surface area (Å²) in [5.41, 5.74) is 0. The molecule has 0 bridgehead atoms. The Labute approximate surface area is 70.0 Å². The van der Waals surface area contributed by atoms with Gasteiger partial charge in [-0.05, 0) is 12.1 Å². The van der Waals surface area contributed by atoms with Gasteiger partial charge in [0.05, 0.1) is 6.42 Å². The molecule has 1 aromatic carbocycles. The van der Waals surface area contributed by atoms with E-state index in [1.807, 2.05) is 0 Å². The highest BCUT2D eigenvalue weighted by Gasteiger charge is 1.77. The van der Waals surface area contributed by atoms with Gasteiger partial charge in [0, 0.05) is 0 Å². The molecule has 0 saturated carbocycles. The maximum Gasteiger partial charge on any atom is 0.127 e. The van der Waals surface area contributed by atoms with Crippen LogP contribution < -0.4 is 0 Å². The molecule has 0 N–H and O–H groups in total. The lowest BCUT2D eigenvalue weighted by Gasteiger charge is -1.78. The zero-order valence-electron chi connectivity index (χ0n) is 6.44. The van der Waals surface area contributed by atoms with Gasteiger partial charge in [0.15, 0.2) is 0 Å². The smallest absolute Gasteiger partial charge is 0.127 e. The van der Waals surface area contributed by atoms with Gasteiger partial charge in [-0.1, -0.05) is 18.2 Å². The highest BCUT2D eigenvalue weighted by molar-refractivity contribution is 5.72. The van der Waals surface area contributed by atoms with Gasteiger partial charge in [0.2, 0.25) is 0 Å². The van der Waals surface area contributed by atoms with Crippen LogP contribution in [0.25, 0.3) is 0 Å². The number of halogens is 1. The molecular weight excluding hydrogens is 159 g/mol. The van der Waals surface area contributed by atoms with Crippen molar-refractivity contribution in [1.82, 2.24) is 0 Å². The van der Waals surface area contributed by atoms with Crippen molar-refractivity contribution in [3.8, 4) is 0 Å². The molecule has 64 valence electrons. The summed E-state index contributed by atoms with van der Waals surface area (Å²) in [6.07, 6.45) is 1.15. The van der Waals surface area contributed by atoms with Crippen molar-refractivity contribution in [1.29, 1.82) is 0 Å². The Morgan fingerprint density at radius 3 is 1.75 bits per heavy atom. The van der Waals surface area contributed by atoms with Gasteiger partial charge in [-0.25, -0.2) is 4.39 Å². The van der Waals surface area contributed by atoms with Crippen LogP contribution in [0.1, 0.15) is 6.42 Å². The molecule has 0 aliphatic heterocycles. The summed E-state index contributed by atoms with van der Waals surface area (Å²) in [7, 11) is 0. The Bertz CT molecular complexity index is 215. The van der Waals surface area contributed by atoms with Crippen molar-refractivity contribution in [2.75, 3.05) is 0 Å². The number of carbonyl (C=O) groups is 2. The highest BCUT2D eigenvalue weighted by atomic mass is 19.1. The summed E-state index contributed by atoms with van der Waals surface area (Å²) >= 11 is 0. The monoisotopic (exact) mass is 168 g/mol. The molecule has 0 atom stereocenters. The van der Waals surface area contributed by atoms with E-state index in [0.29, 0.717) is 12.6 Å². The zero-order chi connectivity index (χ0) is 9.23. The number of benzene rings is 1. The largest absolute Gasteiger partial charge is 0.303 e. The third kappa shape index (κ3) is 6.61. The molecule has 3 heteroatoms. The van der Waals surface area contributed by atoms with Gasteiger partial charge >= 0.3 is 0 Å². The number of rotatable bonds is 2. The van der Waals surface area contributed by atoms with Crippen LogP contribution in [-0.4, -0.2) is 12.6 Å². The van der Waals surface area contributed by atoms with Crippen LogP contribution in [0.5, 0.6) is 0 Å². The fraction of sp³-hybridized carbons (Fsp3) is 0.111. The first-order valence-corrected chi connectivity index (χ1v) is 3.39. The molecule has 0 amide bonds. The SMILES string of the molecule is Fc1ccccc1.O=CCC=O. The third-order valence-corrected chi connectivity index (χ3v) is 0.926. The van der Waals surface area contributed by atoms with Crippen molar-refractivity contribution >= 4 is 12.6 Å². The molecule has 1 aromatic rings. The van der Waals surface area contributed by atoms with Crippen LogP contribution in [0.15, 0.2) is 30.3 Å². The third-order valence-electron chi connectivity index (χ3n) is 0.926. The van der Waals surface area contributed by atoms with Gasteiger partial charge in [-0.2, -0.15) is 0 Å². The van der Waals surface area contributed by atoms with E-state index < -0.39 is 0 Å². The lowest BCUT2D eigenvalue weighted by Crippen LogP contribution is -1.69. The summed E-state index contributed by atoms with van der Waals surface area (Å²) in [4.78, 5) is 18.3. The first kappa shape index (κ1) is 10.5. The quantitative estimate of drug-likeness (QED) is 0.496. The highest BCUT2D eigenvalue weighted by Crippen LogP contribution is 1.91. The summed E-state index contributed by atoms with van der Waals surface area (Å²) in [5, 5.41) is 0. The molecule has 12 heavy (non-hydrogen) atoms. The van der Waals surface area contributed by atoms with Gasteiger partial charge in [0.25, 0.3) is 0 Å². The summed E-state index contributed by atoms with van der Waals surface area (Å²) < 4.78 is 11.9. The van der Waals surface area contributed by atoms with E-state index in [1.54, 1.807) is 18.2 Å². The fourth-order valence-electron chi connectivity index (χ4n) is 0.454. The molecule has 1 rings (SSSR count). The van der Waals surface area contributed by atoms with Gasteiger partial charge < -0.3 is 9.59 Å². The predicted molar refractivity (Wildman–Crippen MR) is 43.1 cm³/mol. The Hall–Kier alpha value is -1.51. The van der Waals surface area contributed by atoms with E-state index >= 15 is 0 Å². The van der Waals surface area contributed by atoms with Crippen LogP contribution in [-0.2, 0) is 9.59 Å². The van der Waals surface area contributed by atoms with Crippen molar-refractivity contribution in [3.05, 3.63) is 36.1 Å². The van der Waals surface area contributed by atoms with Crippen LogP contribution in [0.4, 0.5) is 4.39 Å². The van der Waals surface area contributed by atoms with Crippen LogP contribution in [0.3, 0.4) is 0 Å². The van der Waals surface area contributed by atoms with Crippen molar-refractivity contribution in [3.63, 3.8) is 0 Å². The second-order valence-corrected chi connectivity index (χ2v) is 1.86. The van der Waals surface area contributed by atoms with E-state index in [-0.39, 0.29) is 12.2 Å². The molecule has 0 fully saturated rings. The van der Waals surface area contributed by atoms with E-state index in [1.165, 1.54) is 12.1 Å². The number of aldehydes is 2. The second-order valence-electron chi connectivity index (χ2n) is 1.86. The summed E-state index contributed by atoms with van der Waals surface area (Å²) in [5.74, 6) is -0.178. The molecule has 0 saturated heterocycles. The molecule has 0 aromatic heterocycles. The Kier molecular flexibility index (Phi) is 6.64. The summed E-state index contributed by atoms with van der Waals surface area (Å²) in [6, 6.07) is 7.94. The average molecular weight is 168 g/mol. The standard InChI is InChI=1S/C6H5F.C3H4O2/c7-6-4-2-1-3-5-6;4-2-1-3-5/h1-5H;2-3H,1H2. The Morgan fingerprint density at radius 1 is 1.08 bits per heavy atom. The van der Waals surface area contributed by atoms with Crippen LogP contribution in [0.2, 0.25) is 0 Å². The molecular formula is C9H9FO2. The Balaban J connectivity index is 0.000000217. The van der Waals surface area contributed by atoms with Crippen molar-refractivity contribution in [2.45, 2.75) is 6.42 Å². The fourth-order valence-corrected chi connectivity index (χ4v) is 0.454. The molecule has 0 aliphatic carbocycles. The maximum absolute atomic E-state index is 11.9. The molecule has 0 spiro atoms. The average Bonchev–Trinajstić information content (AvgIpc) is 2.08. The molecule has 0 unspecified atom stereocenters.